The summed E-state index contributed by atoms with van der Waals surface area (Å²) in [6, 6.07) is 5.60. The molecule has 0 unspecified atom stereocenters. The number of rotatable bonds is 3. The Hall–Kier alpha value is -1.73. The van der Waals surface area contributed by atoms with Gasteiger partial charge in [-0.2, -0.15) is 0 Å². The van der Waals surface area contributed by atoms with Gasteiger partial charge in [0.2, 0.25) is 5.91 Å². The lowest BCUT2D eigenvalue weighted by Crippen LogP contribution is -2.26. The Bertz CT molecular complexity index is 564. The van der Waals surface area contributed by atoms with Crippen molar-refractivity contribution in [3.05, 3.63) is 18.2 Å². The number of carbonyl (C=O) groups is 2. The number of hydrogen-bond donors (Lipinski definition) is 2. The molecule has 1 aromatic rings. The van der Waals surface area contributed by atoms with Gasteiger partial charge in [0.25, 0.3) is 0 Å². The number of anilines is 2. The Labute approximate surface area is 120 Å². The summed E-state index contributed by atoms with van der Waals surface area (Å²) in [5, 5.41) is 2.82. The van der Waals surface area contributed by atoms with Crippen LogP contribution in [0.15, 0.2) is 23.1 Å². The second-order valence-corrected chi connectivity index (χ2v) is 5.73. The van der Waals surface area contributed by atoms with Crippen molar-refractivity contribution in [3.63, 3.8) is 0 Å². The fourth-order valence-electron chi connectivity index (χ4n) is 2.31. The SMILES string of the molecule is NCC[C@H]1CN(c2ccc3c(c2)NC(=O)CS3)C(=O)O1. The van der Waals surface area contributed by atoms with Crippen molar-refractivity contribution < 1.29 is 14.3 Å². The smallest absolute Gasteiger partial charge is 0.414 e. The third kappa shape index (κ3) is 2.46. The van der Waals surface area contributed by atoms with E-state index in [4.69, 9.17) is 10.5 Å². The molecule has 0 bridgehead atoms. The molecule has 0 spiro atoms. The summed E-state index contributed by atoms with van der Waals surface area (Å²) >= 11 is 1.49. The summed E-state index contributed by atoms with van der Waals surface area (Å²) in [6.07, 6.45) is 0.130. The predicted molar refractivity (Wildman–Crippen MR) is 77.1 cm³/mol. The van der Waals surface area contributed by atoms with Crippen LogP contribution >= 0.6 is 11.8 Å². The highest BCUT2D eigenvalue weighted by atomic mass is 32.2. The van der Waals surface area contributed by atoms with E-state index in [-0.39, 0.29) is 18.1 Å². The minimum atomic E-state index is -0.363. The van der Waals surface area contributed by atoms with Crippen LogP contribution in [0.25, 0.3) is 0 Å². The average molecular weight is 293 g/mol. The number of cyclic esters (lactones) is 1. The molecule has 20 heavy (non-hydrogen) atoms. The van der Waals surface area contributed by atoms with Crippen molar-refractivity contribution in [2.75, 3.05) is 29.1 Å². The topological polar surface area (TPSA) is 84.7 Å². The minimum absolute atomic E-state index is 0.0235. The maximum Gasteiger partial charge on any atom is 0.414 e. The lowest BCUT2D eigenvalue weighted by molar-refractivity contribution is -0.113. The van der Waals surface area contributed by atoms with Crippen LogP contribution in [0.2, 0.25) is 0 Å². The van der Waals surface area contributed by atoms with Crippen molar-refractivity contribution in [3.8, 4) is 0 Å². The normalized spacial score (nSPS) is 21.4. The van der Waals surface area contributed by atoms with Crippen LogP contribution in [-0.2, 0) is 9.53 Å². The predicted octanol–water partition coefficient (Wildman–Crippen LogP) is 1.40. The third-order valence-electron chi connectivity index (χ3n) is 3.27. The van der Waals surface area contributed by atoms with E-state index in [9.17, 15) is 9.59 Å². The molecule has 3 rings (SSSR count). The van der Waals surface area contributed by atoms with Crippen LogP contribution in [0, 0.1) is 0 Å². The molecule has 106 valence electrons. The number of carbonyl (C=O) groups excluding carboxylic acids is 2. The van der Waals surface area contributed by atoms with Gasteiger partial charge in [0.1, 0.15) is 6.10 Å². The Kier molecular flexibility index (Phi) is 3.54. The number of thioether (sulfide) groups is 1. The molecule has 0 aliphatic carbocycles. The monoisotopic (exact) mass is 293 g/mol. The first-order valence-corrected chi connectivity index (χ1v) is 7.41. The molecule has 7 heteroatoms. The molecule has 2 amide bonds. The van der Waals surface area contributed by atoms with E-state index in [1.165, 1.54) is 11.8 Å². The molecular formula is C13H15N3O3S. The zero-order chi connectivity index (χ0) is 14.1. The Morgan fingerprint density at radius 3 is 3.10 bits per heavy atom. The van der Waals surface area contributed by atoms with E-state index < -0.39 is 0 Å². The average Bonchev–Trinajstić information content (AvgIpc) is 2.79. The van der Waals surface area contributed by atoms with E-state index in [2.05, 4.69) is 5.32 Å². The molecule has 1 aromatic carbocycles. The quantitative estimate of drug-likeness (QED) is 0.880. The highest BCUT2D eigenvalue weighted by Crippen LogP contribution is 2.35. The van der Waals surface area contributed by atoms with Crippen LogP contribution in [0.3, 0.4) is 0 Å². The summed E-state index contributed by atoms with van der Waals surface area (Å²) in [6.45, 7) is 0.985. The second kappa shape index (κ2) is 5.34. The van der Waals surface area contributed by atoms with Crippen LogP contribution < -0.4 is 16.0 Å². The highest BCUT2D eigenvalue weighted by Gasteiger charge is 2.32. The number of fused-ring (bicyclic) bond motifs is 1. The zero-order valence-electron chi connectivity index (χ0n) is 10.8. The summed E-state index contributed by atoms with van der Waals surface area (Å²) in [4.78, 5) is 25.9. The standard InChI is InChI=1S/C13H15N3O3S/c14-4-3-9-6-16(13(18)19-9)8-1-2-11-10(5-8)15-12(17)7-20-11/h1-2,5,9H,3-4,6-7,14H2,(H,15,17)/t9-/m0/s1. The zero-order valence-corrected chi connectivity index (χ0v) is 11.6. The number of benzene rings is 1. The lowest BCUT2D eigenvalue weighted by atomic mass is 10.2. The molecule has 6 nitrogen and oxygen atoms in total. The maximum atomic E-state index is 11.9. The van der Waals surface area contributed by atoms with Crippen molar-refractivity contribution >= 4 is 35.1 Å². The highest BCUT2D eigenvalue weighted by molar-refractivity contribution is 8.00. The van der Waals surface area contributed by atoms with Crippen LogP contribution in [0.5, 0.6) is 0 Å². The fourth-order valence-corrected chi connectivity index (χ4v) is 3.10. The molecule has 2 aliphatic rings. The summed E-state index contributed by atoms with van der Waals surface area (Å²) in [7, 11) is 0. The van der Waals surface area contributed by atoms with Crippen LogP contribution in [0.1, 0.15) is 6.42 Å². The van der Waals surface area contributed by atoms with Gasteiger partial charge in [-0.25, -0.2) is 4.79 Å². The van der Waals surface area contributed by atoms with Crippen LogP contribution in [0.4, 0.5) is 16.2 Å². The van der Waals surface area contributed by atoms with Gasteiger partial charge in [-0.15, -0.1) is 11.8 Å². The number of amides is 2. The molecule has 2 heterocycles. The number of nitrogens with two attached hydrogens (primary N) is 1. The van der Waals surface area contributed by atoms with Gasteiger partial charge in [0, 0.05) is 10.6 Å². The van der Waals surface area contributed by atoms with Crippen molar-refractivity contribution in [1.29, 1.82) is 0 Å². The van der Waals surface area contributed by atoms with E-state index in [0.717, 1.165) is 16.3 Å². The maximum absolute atomic E-state index is 11.9. The van der Waals surface area contributed by atoms with Gasteiger partial charge in [0.05, 0.1) is 18.0 Å². The number of nitrogens with one attached hydrogen (secondary N) is 1. The second-order valence-electron chi connectivity index (χ2n) is 4.71. The first-order chi connectivity index (χ1) is 9.67. The van der Waals surface area contributed by atoms with E-state index >= 15 is 0 Å². The molecule has 1 atom stereocenters. The van der Waals surface area contributed by atoms with Gasteiger partial charge in [-0.05, 0) is 31.2 Å². The minimum Gasteiger partial charge on any atom is -0.444 e. The third-order valence-corrected chi connectivity index (χ3v) is 4.34. The molecule has 3 N–H and O–H groups in total. The Morgan fingerprint density at radius 1 is 1.45 bits per heavy atom. The summed E-state index contributed by atoms with van der Waals surface area (Å²) in [5.74, 6) is 0.404. The molecule has 0 aromatic heterocycles. The van der Waals surface area contributed by atoms with E-state index in [0.29, 0.717) is 25.3 Å². The molecule has 1 saturated heterocycles. The Balaban J connectivity index is 1.82. The molecular weight excluding hydrogens is 278 g/mol. The fraction of sp³-hybridized carbons (Fsp3) is 0.385. The number of ether oxygens (including phenoxy) is 1. The Morgan fingerprint density at radius 2 is 2.30 bits per heavy atom. The number of nitrogens with zero attached hydrogens (tertiary/aromatic N) is 1. The summed E-state index contributed by atoms with van der Waals surface area (Å²) < 4.78 is 5.25. The lowest BCUT2D eigenvalue weighted by Gasteiger charge is -2.19. The van der Waals surface area contributed by atoms with Crippen LogP contribution in [-0.4, -0.2) is 36.9 Å². The molecule has 2 aliphatic heterocycles. The van der Waals surface area contributed by atoms with E-state index in [1.807, 2.05) is 18.2 Å². The molecule has 1 fully saturated rings. The van der Waals surface area contributed by atoms with Crippen molar-refractivity contribution in [2.45, 2.75) is 17.4 Å². The van der Waals surface area contributed by atoms with Crippen molar-refractivity contribution in [1.82, 2.24) is 0 Å². The van der Waals surface area contributed by atoms with Gasteiger partial charge >= 0.3 is 6.09 Å². The van der Waals surface area contributed by atoms with Gasteiger partial charge in [-0.1, -0.05) is 0 Å². The first kappa shape index (κ1) is 13.3. The molecule has 0 saturated carbocycles. The van der Waals surface area contributed by atoms with Gasteiger partial charge in [0.15, 0.2) is 0 Å². The molecule has 0 radical (unpaired) electrons. The van der Waals surface area contributed by atoms with Gasteiger partial charge in [-0.3, -0.25) is 9.69 Å². The number of hydrogen-bond acceptors (Lipinski definition) is 5. The largest absolute Gasteiger partial charge is 0.444 e. The van der Waals surface area contributed by atoms with Crippen molar-refractivity contribution in [2.24, 2.45) is 5.73 Å². The summed E-state index contributed by atoms with van der Waals surface area (Å²) in [5.41, 5.74) is 6.97. The van der Waals surface area contributed by atoms with Gasteiger partial charge < -0.3 is 15.8 Å². The first-order valence-electron chi connectivity index (χ1n) is 6.42. The van der Waals surface area contributed by atoms with E-state index in [1.54, 1.807) is 4.90 Å².